The van der Waals surface area contributed by atoms with Crippen LogP contribution in [0.5, 0.6) is 0 Å². The molecule has 1 fully saturated rings. The standard InChI is InChI=1S/C17H15F3N4O2/c18-17(19,20)13-2-1-11(7-12(13)9-21)16(25)24-5-3-10(4-6-24)14-8-15(22)26-23-14/h1-2,7-8,10H,3-6,22H2. The van der Waals surface area contributed by atoms with Crippen LogP contribution in [0.15, 0.2) is 28.8 Å². The van der Waals surface area contributed by atoms with E-state index in [1.807, 2.05) is 0 Å². The lowest BCUT2D eigenvalue weighted by Gasteiger charge is -2.31. The van der Waals surface area contributed by atoms with Crippen LogP contribution in [0.2, 0.25) is 0 Å². The van der Waals surface area contributed by atoms with E-state index in [1.165, 1.54) is 6.07 Å². The first-order valence-corrected chi connectivity index (χ1v) is 7.92. The van der Waals surface area contributed by atoms with Gasteiger partial charge in [0.05, 0.1) is 22.9 Å². The summed E-state index contributed by atoms with van der Waals surface area (Å²) in [6.45, 7) is 0.859. The van der Waals surface area contributed by atoms with E-state index in [-0.39, 0.29) is 17.4 Å². The van der Waals surface area contributed by atoms with Gasteiger partial charge in [-0.3, -0.25) is 4.79 Å². The Labute approximate surface area is 147 Å². The predicted octanol–water partition coefficient (Wildman–Crippen LogP) is 3.17. The molecule has 0 bridgehead atoms. The first-order valence-electron chi connectivity index (χ1n) is 7.92. The molecule has 0 atom stereocenters. The molecule has 0 unspecified atom stereocenters. The van der Waals surface area contributed by atoms with Crippen LogP contribution < -0.4 is 5.73 Å². The smallest absolute Gasteiger partial charge is 0.368 e. The number of piperidine rings is 1. The van der Waals surface area contributed by atoms with Crippen LogP contribution in [0, 0.1) is 11.3 Å². The molecule has 9 heteroatoms. The summed E-state index contributed by atoms with van der Waals surface area (Å²) in [6, 6.07) is 6.04. The molecule has 3 rings (SSSR count). The lowest BCUT2D eigenvalue weighted by atomic mass is 9.93. The molecule has 2 aromatic rings. The fourth-order valence-corrected chi connectivity index (χ4v) is 3.07. The summed E-state index contributed by atoms with van der Waals surface area (Å²) in [4.78, 5) is 14.1. The minimum absolute atomic E-state index is 0.0682. The van der Waals surface area contributed by atoms with Crippen molar-refractivity contribution in [3.05, 3.63) is 46.6 Å². The predicted molar refractivity (Wildman–Crippen MR) is 85.0 cm³/mol. The summed E-state index contributed by atoms with van der Waals surface area (Å²) >= 11 is 0. The van der Waals surface area contributed by atoms with Gasteiger partial charge < -0.3 is 15.2 Å². The lowest BCUT2D eigenvalue weighted by Crippen LogP contribution is -2.38. The van der Waals surface area contributed by atoms with E-state index >= 15 is 0 Å². The van der Waals surface area contributed by atoms with Crippen molar-refractivity contribution < 1.29 is 22.5 Å². The number of nitriles is 1. The summed E-state index contributed by atoms with van der Waals surface area (Å²) in [6.07, 6.45) is -3.35. The molecule has 1 saturated heterocycles. The van der Waals surface area contributed by atoms with Gasteiger partial charge in [0.2, 0.25) is 5.88 Å². The molecule has 136 valence electrons. The van der Waals surface area contributed by atoms with Crippen molar-refractivity contribution in [3.63, 3.8) is 0 Å². The maximum atomic E-state index is 12.9. The summed E-state index contributed by atoms with van der Waals surface area (Å²) < 4.78 is 43.4. The van der Waals surface area contributed by atoms with Crippen LogP contribution in [0.3, 0.4) is 0 Å². The van der Waals surface area contributed by atoms with Crippen molar-refractivity contribution in [2.24, 2.45) is 0 Å². The van der Waals surface area contributed by atoms with Crippen LogP contribution in [0.1, 0.15) is 45.9 Å². The first-order chi connectivity index (χ1) is 12.3. The number of amides is 1. The number of rotatable bonds is 2. The Hall–Kier alpha value is -3.02. The first kappa shape index (κ1) is 17.8. The number of likely N-dealkylation sites (tertiary alicyclic amines) is 1. The third-order valence-electron chi connectivity index (χ3n) is 4.44. The molecule has 1 aromatic heterocycles. The van der Waals surface area contributed by atoms with E-state index < -0.39 is 23.2 Å². The highest BCUT2D eigenvalue weighted by Gasteiger charge is 2.34. The van der Waals surface area contributed by atoms with Gasteiger partial charge >= 0.3 is 6.18 Å². The normalized spacial score (nSPS) is 15.7. The fourth-order valence-electron chi connectivity index (χ4n) is 3.07. The zero-order valence-corrected chi connectivity index (χ0v) is 13.6. The van der Waals surface area contributed by atoms with Gasteiger partial charge in [-0.2, -0.15) is 18.4 Å². The molecular weight excluding hydrogens is 349 g/mol. The Balaban J connectivity index is 1.72. The van der Waals surface area contributed by atoms with Gasteiger partial charge in [0, 0.05) is 30.6 Å². The van der Waals surface area contributed by atoms with Crippen LogP contribution in [-0.2, 0) is 6.18 Å². The summed E-state index contributed by atoms with van der Waals surface area (Å²) in [5, 5.41) is 12.8. The molecule has 2 heterocycles. The summed E-state index contributed by atoms with van der Waals surface area (Å²) in [7, 11) is 0. The van der Waals surface area contributed by atoms with E-state index in [0.29, 0.717) is 25.9 Å². The number of carbonyl (C=O) groups is 1. The third-order valence-corrected chi connectivity index (χ3v) is 4.44. The number of carbonyl (C=O) groups excluding carboxylic acids is 1. The second kappa shape index (κ2) is 6.71. The second-order valence-electron chi connectivity index (χ2n) is 6.09. The molecule has 6 nitrogen and oxygen atoms in total. The Morgan fingerprint density at radius 1 is 1.31 bits per heavy atom. The Kier molecular flexibility index (Phi) is 4.59. The molecule has 1 aliphatic heterocycles. The molecule has 1 amide bonds. The van der Waals surface area contributed by atoms with Gasteiger partial charge in [0.1, 0.15) is 0 Å². The molecular formula is C17H15F3N4O2. The molecule has 1 aromatic carbocycles. The average Bonchev–Trinajstić information content (AvgIpc) is 3.06. The number of nitrogens with zero attached hydrogens (tertiary/aromatic N) is 3. The van der Waals surface area contributed by atoms with Crippen molar-refractivity contribution in [3.8, 4) is 6.07 Å². The number of hydrogen-bond acceptors (Lipinski definition) is 5. The number of nitrogen functional groups attached to an aromatic ring is 1. The minimum Gasteiger partial charge on any atom is -0.368 e. The lowest BCUT2D eigenvalue weighted by molar-refractivity contribution is -0.137. The number of halogens is 3. The maximum Gasteiger partial charge on any atom is 0.417 e. The maximum absolute atomic E-state index is 12.9. The van der Waals surface area contributed by atoms with Crippen LogP contribution in [-0.4, -0.2) is 29.1 Å². The molecule has 0 radical (unpaired) electrons. The second-order valence-corrected chi connectivity index (χ2v) is 6.09. The van der Waals surface area contributed by atoms with Gasteiger partial charge in [0.25, 0.3) is 5.91 Å². The van der Waals surface area contributed by atoms with Gasteiger partial charge in [-0.05, 0) is 31.0 Å². The number of benzene rings is 1. The number of hydrogen-bond donors (Lipinski definition) is 1. The Bertz CT molecular complexity index is 862. The summed E-state index contributed by atoms with van der Waals surface area (Å²) in [5.74, 6) is -0.0528. The van der Waals surface area contributed by atoms with Gasteiger partial charge in [-0.25, -0.2) is 0 Å². The zero-order valence-electron chi connectivity index (χ0n) is 13.6. The number of aromatic nitrogens is 1. The largest absolute Gasteiger partial charge is 0.417 e. The summed E-state index contributed by atoms with van der Waals surface area (Å²) in [5.41, 5.74) is 4.71. The van der Waals surface area contributed by atoms with E-state index in [1.54, 1.807) is 11.0 Å². The van der Waals surface area contributed by atoms with E-state index in [0.717, 1.165) is 23.9 Å². The van der Waals surface area contributed by atoms with Gasteiger partial charge in [0.15, 0.2) is 0 Å². The van der Waals surface area contributed by atoms with Gasteiger partial charge in [-0.1, -0.05) is 5.16 Å². The van der Waals surface area contributed by atoms with E-state index in [2.05, 4.69) is 5.16 Å². The third kappa shape index (κ3) is 3.49. The minimum atomic E-state index is -4.63. The highest BCUT2D eigenvalue weighted by molar-refractivity contribution is 5.94. The molecule has 0 saturated carbocycles. The van der Waals surface area contributed by atoms with Crippen molar-refractivity contribution >= 4 is 11.8 Å². The van der Waals surface area contributed by atoms with Crippen LogP contribution in [0.4, 0.5) is 19.1 Å². The molecule has 26 heavy (non-hydrogen) atoms. The number of anilines is 1. The van der Waals surface area contributed by atoms with Crippen molar-refractivity contribution in [2.75, 3.05) is 18.8 Å². The molecule has 0 spiro atoms. The topological polar surface area (TPSA) is 96.2 Å². The fraction of sp³-hybridized carbons (Fsp3) is 0.353. The Morgan fingerprint density at radius 2 is 2.00 bits per heavy atom. The highest BCUT2D eigenvalue weighted by atomic mass is 19.4. The average molecular weight is 364 g/mol. The number of alkyl halides is 3. The molecule has 1 aliphatic rings. The van der Waals surface area contributed by atoms with Crippen molar-refractivity contribution in [1.29, 1.82) is 5.26 Å². The zero-order chi connectivity index (χ0) is 18.9. The quantitative estimate of drug-likeness (QED) is 0.883. The van der Waals surface area contributed by atoms with Crippen molar-refractivity contribution in [1.82, 2.24) is 10.1 Å². The van der Waals surface area contributed by atoms with E-state index in [4.69, 9.17) is 15.5 Å². The Morgan fingerprint density at radius 3 is 2.54 bits per heavy atom. The monoisotopic (exact) mass is 364 g/mol. The highest BCUT2D eigenvalue weighted by Crippen LogP contribution is 2.33. The number of nitrogens with two attached hydrogens (primary N) is 1. The van der Waals surface area contributed by atoms with Gasteiger partial charge in [-0.15, -0.1) is 0 Å². The van der Waals surface area contributed by atoms with Crippen LogP contribution in [0.25, 0.3) is 0 Å². The molecule has 0 aliphatic carbocycles. The van der Waals surface area contributed by atoms with E-state index in [9.17, 15) is 18.0 Å². The molecule has 2 N–H and O–H groups in total. The van der Waals surface area contributed by atoms with Crippen molar-refractivity contribution in [2.45, 2.75) is 24.9 Å². The van der Waals surface area contributed by atoms with Crippen LogP contribution >= 0.6 is 0 Å². The SMILES string of the molecule is N#Cc1cc(C(=O)N2CCC(c3cc(N)on3)CC2)ccc1C(F)(F)F.